The molecule has 0 heterocycles. The topological polar surface area (TPSA) is 151 Å². The minimum absolute atomic E-state index is 0.0773. The number of hydrogen-bond acceptors (Lipinski definition) is 9. The average Bonchev–Trinajstić information content (AvgIpc) is 3.13. The highest BCUT2D eigenvalue weighted by Gasteiger charge is 2.21. The largest absolute Gasteiger partial charge is 0.481 e. The van der Waals surface area contributed by atoms with Gasteiger partial charge in [0, 0.05) is 56.8 Å². The minimum atomic E-state index is -0.997. The maximum atomic E-state index is 12.4. The Kier molecular flexibility index (Phi) is 26.8. The summed E-state index contributed by atoms with van der Waals surface area (Å²) in [7, 11) is 0. The van der Waals surface area contributed by atoms with E-state index in [0.717, 1.165) is 41.9 Å². The van der Waals surface area contributed by atoms with E-state index in [2.05, 4.69) is 98.2 Å². The van der Waals surface area contributed by atoms with E-state index < -0.39 is 11.9 Å². The highest BCUT2D eigenvalue weighted by molar-refractivity contribution is 5.82. The lowest BCUT2D eigenvalue weighted by Gasteiger charge is -2.30. The first-order valence-electron chi connectivity index (χ1n) is 21.8. The van der Waals surface area contributed by atoms with Gasteiger partial charge >= 0.3 is 17.9 Å². The zero-order valence-electron chi connectivity index (χ0n) is 39.6. The first-order valence-corrected chi connectivity index (χ1v) is 21.8. The Labute approximate surface area is 358 Å². The summed E-state index contributed by atoms with van der Waals surface area (Å²) in [5.41, 5.74) is 9.46. The third-order valence-corrected chi connectivity index (χ3v) is 9.90. The zero-order chi connectivity index (χ0) is 45.6. The van der Waals surface area contributed by atoms with E-state index in [-0.39, 0.29) is 61.2 Å². The van der Waals surface area contributed by atoms with Gasteiger partial charge in [-0.25, -0.2) is 0 Å². The fraction of sp³-hybridized carbons (Fsp3) is 0.667. The number of carboxylic acid groups (broad SMARTS) is 1. The summed E-state index contributed by atoms with van der Waals surface area (Å²) >= 11 is 0. The zero-order valence-corrected chi connectivity index (χ0v) is 39.6. The van der Waals surface area contributed by atoms with E-state index >= 15 is 0 Å². The van der Waals surface area contributed by atoms with Crippen LogP contribution < -0.4 is 20.5 Å². The fourth-order valence-electron chi connectivity index (χ4n) is 6.74. The number of hydrogen-bond donors (Lipinski definition) is 3. The van der Waals surface area contributed by atoms with Gasteiger partial charge in [0.05, 0.1) is 19.3 Å². The van der Waals surface area contributed by atoms with Gasteiger partial charge in [-0.15, -0.1) is 0 Å². The molecule has 0 bridgehead atoms. The molecule has 1 amide bonds. The monoisotopic (exact) mass is 827 g/mol. The molecule has 0 saturated heterocycles. The number of rotatable bonds is 21. The Morgan fingerprint density at radius 1 is 0.542 bits per heavy atom. The summed E-state index contributed by atoms with van der Waals surface area (Å²) in [6.45, 7) is 37.1. The predicted octanol–water partition coefficient (Wildman–Crippen LogP) is 9.62. The molecular formula is C48H82N4O7. The van der Waals surface area contributed by atoms with Crippen molar-refractivity contribution < 1.29 is 33.8 Å². The Morgan fingerprint density at radius 2 is 0.864 bits per heavy atom. The smallest absolute Gasteiger partial charge is 0.311 e. The molecule has 0 atom stereocenters. The van der Waals surface area contributed by atoms with Gasteiger partial charge < -0.3 is 25.6 Å². The van der Waals surface area contributed by atoms with Crippen molar-refractivity contribution in [3.63, 3.8) is 0 Å². The number of carbonyl (C=O) groups excluding carboxylic acids is 3. The van der Waals surface area contributed by atoms with Crippen LogP contribution >= 0.6 is 0 Å². The number of nitrogens with one attached hydrogen (secondary N) is 1. The lowest BCUT2D eigenvalue weighted by atomic mass is 9.94. The number of nitrogens with zero attached hydrogens (tertiary/aromatic N) is 2. The molecule has 0 aliphatic carbocycles. The number of ether oxygens (including phenoxy) is 2. The van der Waals surface area contributed by atoms with Crippen LogP contribution in [0.4, 0.5) is 0 Å². The van der Waals surface area contributed by atoms with Gasteiger partial charge in [-0.3, -0.25) is 29.0 Å². The van der Waals surface area contributed by atoms with E-state index in [1.807, 2.05) is 64.1 Å². The van der Waals surface area contributed by atoms with Crippen LogP contribution in [0.15, 0.2) is 36.4 Å². The standard InChI is InChI=1S/C24H40N2O3.C16H22O4.C8H20N2/c1-16(2)20-10-9-11-21(17(3)4)24(20)29-23(28)13-12-22(27)25-14-15-26(18(5)6)19(7)8;1-10(2)12-6-5-7-13(11(3)4)16(12)20-15(19)9-8-14(17)18;1-7(2)10(6-5-9)8(3)4/h9-11,16-19H,12-15H2,1-8H3,(H,25,27);5-7,10-11H,8-9H2,1-4H3,(H,17,18);7-8H,5-6,9H2,1-4H3. The number of carboxylic acids is 1. The Bertz CT molecular complexity index is 1480. The first kappa shape index (κ1) is 55.2. The Balaban J connectivity index is 0.000000965. The van der Waals surface area contributed by atoms with Crippen molar-refractivity contribution in [2.75, 3.05) is 26.2 Å². The molecule has 0 aliphatic rings. The van der Waals surface area contributed by atoms with Gasteiger partial charge in [0.2, 0.25) is 5.91 Å². The molecule has 59 heavy (non-hydrogen) atoms. The van der Waals surface area contributed by atoms with Gasteiger partial charge in [0.15, 0.2) is 0 Å². The summed E-state index contributed by atoms with van der Waals surface area (Å²) in [6.07, 6.45) is -0.101. The minimum Gasteiger partial charge on any atom is -0.481 e. The van der Waals surface area contributed by atoms with E-state index in [1.54, 1.807) is 0 Å². The average molecular weight is 827 g/mol. The van der Waals surface area contributed by atoms with Gasteiger partial charge in [0.1, 0.15) is 11.5 Å². The normalized spacial score (nSPS) is 11.5. The third kappa shape index (κ3) is 21.3. The van der Waals surface area contributed by atoms with E-state index in [0.29, 0.717) is 42.2 Å². The quantitative estimate of drug-likeness (QED) is 0.0820. The molecule has 11 nitrogen and oxygen atoms in total. The summed E-state index contributed by atoms with van der Waals surface area (Å²) in [4.78, 5) is 51.5. The van der Waals surface area contributed by atoms with Crippen LogP contribution in [0.2, 0.25) is 0 Å². The van der Waals surface area contributed by atoms with Crippen molar-refractivity contribution in [3.05, 3.63) is 58.7 Å². The predicted molar refractivity (Wildman–Crippen MR) is 243 cm³/mol. The molecule has 0 unspecified atom stereocenters. The van der Waals surface area contributed by atoms with Crippen LogP contribution in [0.3, 0.4) is 0 Å². The van der Waals surface area contributed by atoms with Crippen molar-refractivity contribution in [2.24, 2.45) is 5.73 Å². The van der Waals surface area contributed by atoms with Crippen LogP contribution in [-0.4, -0.2) is 89.1 Å². The second-order valence-corrected chi connectivity index (χ2v) is 17.5. The van der Waals surface area contributed by atoms with Crippen LogP contribution in [-0.2, 0) is 19.2 Å². The van der Waals surface area contributed by atoms with Gasteiger partial charge in [-0.05, 0) is 101 Å². The molecule has 0 aliphatic heterocycles. The van der Waals surface area contributed by atoms with Crippen LogP contribution in [0, 0.1) is 0 Å². The number of esters is 2. The van der Waals surface area contributed by atoms with Crippen LogP contribution in [0.1, 0.15) is 182 Å². The molecule has 336 valence electrons. The number of aliphatic carboxylic acids is 1. The van der Waals surface area contributed by atoms with Gasteiger partial charge in [0.25, 0.3) is 0 Å². The maximum absolute atomic E-state index is 12.4. The molecule has 4 N–H and O–H groups in total. The number of carbonyl (C=O) groups is 4. The van der Waals surface area contributed by atoms with Gasteiger partial charge in [-0.1, -0.05) is 91.8 Å². The number of nitrogens with two attached hydrogens (primary N) is 1. The molecule has 0 spiro atoms. The second kappa shape index (κ2) is 28.6. The van der Waals surface area contributed by atoms with E-state index in [4.69, 9.17) is 20.3 Å². The van der Waals surface area contributed by atoms with Crippen molar-refractivity contribution in [1.29, 1.82) is 0 Å². The van der Waals surface area contributed by atoms with E-state index in [1.165, 1.54) is 0 Å². The Morgan fingerprint density at radius 3 is 1.14 bits per heavy atom. The lowest BCUT2D eigenvalue weighted by Crippen LogP contribution is -2.42. The molecule has 0 radical (unpaired) electrons. The second-order valence-electron chi connectivity index (χ2n) is 17.5. The van der Waals surface area contributed by atoms with Crippen molar-refractivity contribution in [2.45, 2.75) is 184 Å². The maximum Gasteiger partial charge on any atom is 0.311 e. The lowest BCUT2D eigenvalue weighted by molar-refractivity contribution is -0.142. The molecule has 2 rings (SSSR count). The number of para-hydroxylation sites is 2. The van der Waals surface area contributed by atoms with Crippen LogP contribution in [0.25, 0.3) is 0 Å². The number of benzene rings is 2. The third-order valence-electron chi connectivity index (χ3n) is 9.90. The highest BCUT2D eigenvalue weighted by Crippen LogP contribution is 2.36. The molecular weight excluding hydrogens is 745 g/mol. The summed E-state index contributed by atoms with van der Waals surface area (Å²) in [6, 6.07) is 13.9. The molecule has 2 aromatic carbocycles. The number of amides is 1. The fourth-order valence-corrected chi connectivity index (χ4v) is 6.74. The molecule has 2 aromatic rings. The summed E-state index contributed by atoms with van der Waals surface area (Å²) < 4.78 is 11.2. The highest BCUT2D eigenvalue weighted by atomic mass is 16.5. The van der Waals surface area contributed by atoms with Gasteiger partial charge in [-0.2, -0.15) is 0 Å². The molecule has 0 fully saturated rings. The van der Waals surface area contributed by atoms with E-state index in [9.17, 15) is 19.2 Å². The van der Waals surface area contributed by atoms with Crippen molar-refractivity contribution in [3.8, 4) is 11.5 Å². The summed E-state index contributed by atoms with van der Waals surface area (Å²) in [5.74, 6) is 0.254. The molecule has 11 heteroatoms. The SMILES string of the molecule is CC(C)N(CCN)C(C)C.CC(C)c1cccc(C(C)C)c1OC(=O)CCC(=O)NCCN(C(C)C)C(C)C.CC(C)c1cccc(C(C)C)c1OC(=O)CCC(=O)O. The van der Waals surface area contributed by atoms with Crippen molar-refractivity contribution >= 4 is 23.8 Å². The summed E-state index contributed by atoms with van der Waals surface area (Å²) in [5, 5.41) is 11.5. The first-order chi connectivity index (χ1) is 27.5. The van der Waals surface area contributed by atoms with Crippen LogP contribution in [0.5, 0.6) is 11.5 Å². The Hall–Kier alpha value is -3.80. The molecule has 0 saturated carbocycles. The molecule has 0 aromatic heterocycles. The van der Waals surface area contributed by atoms with Crippen molar-refractivity contribution in [1.82, 2.24) is 15.1 Å².